The number of amides is 1. The first-order valence-electron chi connectivity index (χ1n) is 7.97. The Hall–Kier alpha value is -1.86. The van der Waals surface area contributed by atoms with Crippen molar-refractivity contribution in [3.05, 3.63) is 35.9 Å². The second-order valence-corrected chi connectivity index (χ2v) is 5.90. The minimum absolute atomic E-state index is 0.0490. The van der Waals surface area contributed by atoms with Crippen molar-refractivity contribution in [2.75, 3.05) is 20.3 Å². The lowest BCUT2D eigenvalue weighted by Gasteiger charge is -2.43. The lowest BCUT2D eigenvalue weighted by Crippen LogP contribution is -2.53. The third kappa shape index (κ3) is 4.08. The van der Waals surface area contributed by atoms with Gasteiger partial charge in [0.05, 0.1) is 12.7 Å². The van der Waals surface area contributed by atoms with Gasteiger partial charge in [-0.05, 0) is 37.7 Å². The molecular formula is C18H24N2O2. The van der Waals surface area contributed by atoms with Gasteiger partial charge in [-0.15, -0.1) is 0 Å². The molecule has 0 spiro atoms. The third-order valence-electron chi connectivity index (χ3n) is 4.46. The summed E-state index contributed by atoms with van der Waals surface area (Å²) in [6.07, 6.45) is 4.70. The lowest BCUT2D eigenvalue weighted by molar-refractivity contribution is -0.136. The van der Waals surface area contributed by atoms with Gasteiger partial charge >= 0.3 is 0 Å². The average molecular weight is 300 g/mol. The molecule has 1 amide bonds. The van der Waals surface area contributed by atoms with Crippen LogP contribution in [-0.2, 0) is 16.0 Å². The molecular weight excluding hydrogens is 276 g/mol. The number of hydrogen-bond acceptors (Lipinski definition) is 3. The second-order valence-electron chi connectivity index (χ2n) is 5.90. The molecule has 4 heteroatoms. The highest BCUT2D eigenvalue weighted by Gasteiger charge is 2.43. The zero-order valence-corrected chi connectivity index (χ0v) is 13.3. The maximum atomic E-state index is 12.1. The van der Waals surface area contributed by atoms with Crippen molar-refractivity contribution in [3.8, 4) is 6.07 Å². The Balaban J connectivity index is 1.58. The smallest absolute Gasteiger partial charge is 0.223 e. The van der Waals surface area contributed by atoms with E-state index in [-0.39, 0.29) is 5.91 Å². The van der Waals surface area contributed by atoms with E-state index < -0.39 is 5.54 Å². The normalized spacial score (nSPS) is 15.6. The van der Waals surface area contributed by atoms with Crippen LogP contribution in [0.5, 0.6) is 0 Å². The molecule has 4 nitrogen and oxygen atoms in total. The molecule has 1 aliphatic carbocycles. The fraction of sp³-hybridized carbons (Fsp3) is 0.556. The van der Waals surface area contributed by atoms with Crippen LogP contribution >= 0.6 is 0 Å². The van der Waals surface area contributed by atoms with E-state index in [0.717, 1.165) is 25.7 Å². The minimum atomic E-state index is -0.536. The SMILES string of the molecule is CN(C(=O)CCCOCCc1ccccc1)C1(C#N)CCC1. The van der Waals surface area contributed by atoms with Crippen LogP contribution in [0.3, 0.4) is 0 Å². The minimum Gasteiger partial charge on any atom is -0.381 e. The van der Waals surface area contributed by atoms with E-state index in [9.17, 15) is 10.1 Å². The molecule has 0 aliphatic heterocycles. The first kappa shape index (κ1) is 16.5. The summed E-state index contributed by atoms with van der Waals surface area (Å²) in [6.45, 7) is 1.27. The number of carbonyl (C=O) groups is 1. The lowest BCUT2D eigenvalue weighted by atomic mass is 9.76. The summed E-state index contributed by atoms with van der Waals surface area (Å²) >= 11 is 0. The van der Waals surface area contributed by atoms with Gasteiger partial charge in [0.2, 0.25) is 5.91 Å². The summed E-state index contributed by atoms with van der Waals surface area (Å²) in [7, 11) is 1.75. The maximum absolute atomic E-state index is 12.1. The van der Waals surface area contributed by atoms with Gasteiger partial charge in [0.1, 0.15) is 5.54 Å². The predicted octanol–water partition coefficient (Wildman–Crippen LogP) is 2.93. The predicted molar refractivity (Wildman–Crippen MR) is 85.2 cm³/mol. The number of nitriles is 1. The molecule has 0 saturated heterocycles. The maximum Gasteiger partial charge on any atom is 0.223 e. The van der Waals surface area contributed by atoms with Crippen molar-refractivity contribution >= 4 is 5.91 Å². The summed E-state index contributed by atoms with van der Waals surface area (Å²) in [5, 5.41) is 9.24. The van der Waals surface area contributed by atoms with Gasteiger partial charge in [0.25, 0.3) is 0 Å². The summed E-state index contributed by atoms with van der Waals surface area (Å²) in [5.41, 5.74) is 0.727. The molecule has 0 aromatic heterocycles. The molecule has 118 valence electrons. The van der Waals surface area contributed by atoms with Gasteiger partial charge in [0, 0.05) is 20.1 Å². The highest BCUT2D eigenvalue weighted by molar-refractivity contribution is 5.77. The molecule has 0 atom stereocenters. The van der Waals surface area contributed by atoms with Gasteiger partial charge in [-0.1, -0.05) is 30.3 Å². The van der Waals surface area contributed by atoms with E-state index in [0.29, 0.717) is 26.1 Å². The third-order valence-corrected chi connectivity index (χ3v) is 4.46. The van der Waals surface area contributed by atoms with Gasteiger partial charge in [0.15, 0.2) is 0 Å². The van der Waals surface area contributed by atoms with E-state index in [1.807, 2.05) is 18.2 Å². The Kier molecular flexibility index (Phi) is 5.97. The van der Waals surface area contributed by atoms with Crippen LogP contribution < -0.4 is 0 Å². The zero-order chi connectivity index (χ0) is 15.8. The zero-order valence-electron chi connectivity index (χ0n) is 13.3. The van der Waals surface area contributed by atoms with Crippen molar-refractivity contribution in [3.63, 3.8) is 0 Å². The Labute approximate surface area is 132 Å². The van der Waals surface area contributed by atoms with Crippen LogP contribution in [-0.4, -0.2) is 36.6 Å². The summed E-state index contributed by atoms with van der Waals surface area (Å²) < 4.78 is 5.58. The highest BCUT2D eigenvalue weighted by Crippen LogP contribution is 2.36. The first-order chi connectivity index (χ1) is 10.7. The molecule has 0 heterocycles. The van der Waals surface area contributed by atoms with Crippen molar-refractivity contribution in [2.45, 2.75) is 44.1 Å². The average Bonchev–Trinajstić information content (AvgIpc) is 2.51. The summed E-state index contributed by atoms with van der Waals surface area (Å²) in [6, 6.07) is 12.5. The number of nitrogens with zero attached hydrogens (tertiary/aromatic N) is 2. The first-order valence-corrected chi connectivity index (χ1v) is 7.97. The molecule has 1 aromatic rings. The van der Waals surface area contributed by atoms with Crippen LogP contribution in [0, 0.1) is 11.3 Å². The fourth-order valence-electron chi connectivity index (χ4n) is 2.70. The molecule has 1 aliphatic rings. The summed E-state index contributed by atoms with van der Waals surface area (Å²) in [4.78, 5) is 13.8. The molecule has 22 heavy (non-hydrogen) atoms. The number of hydrogen-bond donors (Lipinski definition) is 0. The Bertz CT molecular complexity index is 518. The van der Waals surface area contributed by atoms with Crippen LogP contribution in [0.25, 0.3) is 0 Å². The number of carbonyl (C=O) groups excluding carboxylic acids is 1. The van der Waals surface area contributed by atoms with Gasteiger partial charge in [-0.25, -0.2) is 0 Å². The Morgan fingerprint density at radius 3 is 2.64 bits per heavy atom. The summed E-state index contributed by atoms with van der Waals surface area (Å²) in [5.74, 6) is 0.0490. The quantitative estimate of drug-likeness (QED) is 0.694. The van der Waals surface area contributed by atoms with E-state index in [4.69, 9.17) is 4.74 Å². The number of ether oxygens (including phenoxy) is 1. The van der Waals surface area contributed by atoms with Crippen LogP contribution in [0.1, 0.15) is 37.7 Å². The Morgan fingerprint density at radius 1 is 1.32 bits per heavy atom. The topological polar surface area (TPSA) is 53.3 Å². The second kappa shape index (κ2) is 7.95. The molecule has 0 unspecified atom stereocenters. The van der Waals surface area contributed by atoms with Gasteiger partial charge in [-0.3, -0.25) is 4.79 Å². The molecule has 1 saturated carbocycles. The molecule has 1 aromatic carbocycles. The monoisotopic (exact) mass is 300 g/mol. The largest absolute Gasteiger partial charge is 0.381 e. The van der Waals surface area contributed by atoms with E-state index in [1.54, 1.807) is 11.9 Å². The van der Waals surface area contributed by atoms with Crippen molar-refractivity contribution in [2.24, 2.45) is 0 Å². The highest BCUT2D eigenvalue weighted by atomic mass is 16.5. The van der Waals surface area contributed by atoms with Crippen molar-refractivity contribution in [1.29, 1.82) is 5.26 Å². The van der Waals surface area contributed by atoms with Crippen LogP contribution in [0.15, 0.2) is 30.3 Å². The molecule has 0 bridgehead atoms. The van der Waals surface area contributed by atoms with Gasteiger partial charge < -0.3 is 9.64 Å². The molecule has 0 radical (unpaired) electrons. The van der Waals surface area contributed by atoms with Crippen LogP contribution in [0.2, 0.25) is 0 Å². The number of rotatable bonds is 8. The number of benzene rings is 1. The molecule has 1 fully saturated rings. The van der Waals surface area contributed by atoms with Crippen molar-refractivity contribution in [1.82, 2.24) is 4.90 Å². The van der Waals surface area contributed by atoms with Gasteiger partial charge in [-0.2, -0.15) is 5.26 Å². The van der Waals surface area contributed by atoms with Crippen LogP contribution in [0.4, 0.5) is 0 Å². The molecule has 0 N–H and O–H groups in total. The Morgan fingerprint density at radius 2 is 2.05 bits per heavy atom. The van der Waals surface area contributed by atoms with E-state index in [2.05, 4.69) is 18.2 Å². The standard InChI is InChI=1S/C18H24N2O2/c1-20(18(15-19)11-6-12-18)17(21)9-5-13-22-14-10-16-7-3-2-4-8-16/h2-4,7-8H,5-6,9-14H2,1H3. The van der Waals surface area contributed by atoms with E-state index in [1.165, 1.54) is 5.56 Å². The fourth-order valence-corrected chi connectivity index (χ4v) is 2.70. The van der Waals surface area contributed by atoms with E-state index >= 15 is 0 Å². The molecule has 2 rings (SSSR count). The van der Waals surface area contributed by atoms with Crippen molar-refractivity contribution < 1.29 is 9.53 Å².